The first-order valence-corrected chi connectivity index (χ1v) is 5.63. The highest BCUT2D eigenvalue weighted by molar-refractivity contribution is 6.03. The van der Waals surface area contributed by atoms with Crippen LogP contribution in [0.4, 0.5) is 0 Å². The molecule has 0 heterocycles. The van der Waals surface area contributed by atoms with Crippen molar-refractivity contribution in [2.24, 2.45) is 11.8 Å². The van der Waals surface area contributed by atoms with Crippen molar-refractivity contribution >= 4 is 17.5 Å². The van der Waals surface area contributed by atoms with Gasteiger partial charge in [-0.25, -0.2) is 0 Å². The topological polar surface area (TPSA) is 60.4 Å². The van der Waals surface area contributed by atoms with Gasteiger partial charge in [0.2, 0.25) is 0 Å². The number of hydrogen-bond donors (Lipinski definition) is 0. The van der Waals surface area contributed by atoms with Gasteiger partial charge in [0.15, 0.2) is 0 Å². The maximum absolute atomic E-state index is 11.9. The molecule has 0 spiro atoms. The van der Waals surface area contributed by atoms with Gasteiger partial charge in [0.05, 0.1) is 6.61 Å². The molecule has 0 aromatic heterocycles. The van der Waals surface area contributed by atoms with Gasteiger partial charge in [-0.3, -0.25) is 14.4 Å². The summed E-state index contributed by atoms with van der Waals surface area (Å²) in [5.41, 5.74) is 0. The van der Waals surface area contributed by atoms with Crippen LogP contribution in [-0.4, -0.2) is 24.1 Å². The van der Waals surface area contributed by atoms with Gasteiger partial charge < -0.3 is 4.74 Å². The van der Waals surface area contributed by atoms with Gasteiger partial charge in [-0.2, -0.15) is 0 Å². The molecule has 0 amide bonds. The molecule has 0 aromatic rings. The Bertz CT molecular complexity index is 270. The molecular weight excluding hydrogens is 208 g/mol. The predicted molar refractivity (Wildman–Crippen MR) is 59.9 cm³/mol. The Hall–Kier alpha value is -1.19. The van der Waals surface area contributed by atoms with Gasteiger partial charge in [-0.05, 0) is 20.3 Å². The van der Waals surface area contributed by atoms with Crippen molar-refractivity contribution < 1.29 is 19.1 Å². The van der Waals surface area contributed by atoms with Crippen molar-refractivity contribution in [1.29, 1.82) is 0 Å². The Morgan fingerprint density at radius 1 is 1.19 bits per heavy atom. The van der Waals surface area contributed by atoms with Crippen molar-refractivity contribution in [3.8, 4) is 0 Å². The minimum atomic E-state index is -0.924. The summed E-state index contributed by atoms with van der Waals surface area (Å²) in [6.07, 6.45) is 0.606. The molecule has 0 rings (SSSR count). The van der Waals surface area contributed by atoms with E-state index < -0.39 is 11.9 Å². The van der Waals surface area contributed by atoms with Crippen LogP contribution in [0.15, 0.2) is 0 Å². The summed E-state index contributed by atoms with van der Waals surface area (Å²) < 4.78 is 4.81. The Labute approximate surface area is 96.4 Å². The second kappa shape index (κ2) is 7.14. The second-order valence-corrected chi connectivity index (χ2v) is 3.92. The van der Waals surface area contributed by atoms with E-state index in [0.717, 1.165) is 0 Å². The molecule has 0 aromatic carbocycles. The van der Waals surface area contributed by atoms with Crippen molar-refractivity contribution in [2.75, 3.05) is 6.61 Å². The molecule has 0 aliphatic carbocycles. The van der Waals surface area contributed by atoms with Gasteiger partial charge in [0.25, 0.3) is 0 Å². The van der Waals surface area contributed by atoms with E-state index in [1.54, 1.807) is 13.8 Å². The average molecular weight is 228 g/mol. The summed E-state index contributed by atoms with van der Waals surface area (Å²) in [4.78, 5) is 34.4. The van der Waals surface area contributed by atoms with Crippen molar-refractivity contribution in [3.05, 3.63) is 0 Å². The molecule has 0 fully saturated rings. The highest BCUT2D eigenvalue weighted by atomic mass is 16.5. The average Bonchev–Trinajstić information content (AvgIpc) is 2.23. The number of hydrogen-bond acceptors (Lipinski definition) is 4. The normalized spacial score (nSPS) is 14.0. The highest BCUT2D eigenvalue weighted by Crippen LogP contribution is 2.16. The van der Waals surface area contributed by atoms with Crippen LogP contribution in [0.3, 0.4) is 0 Å². The summed E-state index contributed by atoms with van der Waals surface area (Å²) in [6, 6.07) is 0. The van der Waals surface area contributed by atoms with E-state index in [9.17, 15) is 14.4 Å². The smallest absolute Gasteiger partial charge is 0.316 e. The van der Waals surface area contributed by atoms with E-state index in [4.69, 9.17) is 4.74 Å². The molecule has 92 valence electrons. The standard InChI is InChI=1S/C12H20O4/c1-5-8(3)11(14)10(7-9(4)13)12(15)16-6-2/h8,10H,5-7H2,1-4H3. The van der Waals surface area contributed by atoms with Crippen LogP contribution in [0.1, 0.15) is 40.5 Å². The number of carbonyl (C=O) groups excluding carboxylic acids is 3. The van der Waals surface area contributed by atoms with Crippen LogP contribution in [0.5, 0.6) is 0 Å². The maximum atomic E-state index is 11.9. The van der Waals surface area contributed by atoms with Gasteiger partial charge in [0.1, 0.15) is 17.5 Å². The number of rotatable bonds is 7. The third-order valence-corrected chi connectivity index (χ3v) is 2.50. The number of ketones is 2. The molecule has 0 N–H and O–H groups in total. The second-order valence-electron chi connectivity index (χ2n) is 3.92. The molecule has 16 heavy (non-hydrogen) atoms. The molecule has 4 heteroatoms. The summed E-state index contributed by atoms with van der Waals surface area (Å²) >= 11 is 0. The molecular formula is C12H20O4. The minimum Gasteiger partial charge on any atom is -0.465 e. The lowest BCUT2D eigenvalue weighted by Gasteiger charge is -2.16. The minimum absolute atomic E-state index is 0.0536. The number of ether oxygens (including phenoxy) is 1. The van der Waals surface area contributed by atoms with Gasteiger partial charge >= 0.3 is 5.97 Å². The fourth-order valence-electron chi connectivity index (χ4n) is 1.38. The van der Waals surface area contributed by atoms with Crippen LogP contribution in [0.2, 0.25) is 0 Å². The van der Waals surface area contributed by atoms with Crippen molar-refractivity contribution in [1.82, 2.24) is 0 Å². The first-order valence-electron chi connectivity index (χ1n) is 5.63. The monoisotopic (exact) mass is 228 g/mol. The van der Waals surface area contributed by atoms with Gasteiger partial charge in [-0.1, -0.05) is 13.8 Å². The number of carbonyl (C=O) groups is 3. The van der Waals surface area contributed by atoms with Crippen molar-refractivity contribution in [2.45, 2.75) is 40.5 Å². The van der Waals surface area contributed by atoms with E-state index in [0.29, 0.717) is 6.42 Å². The first-order chi connectivity index (χ1) is 7.43. The van der Waals surface area contributed by atoms with E-state index >= 15 is 0 Å². The third kappa shape index (κ3) is 4.55. The van der Waals surface area contributed by atoms with E-state index in [-0.39, 0.29) is 30.5 Å². The molecule has 0 radical (unpaired) electrons. The zero-order valence-electron chi connectivity index (χ0n) is 10.4. The third-order valence-electron chi connectivity index (χ3n) is 2.50. The molecule has 0 bridgehead atoms. The van der Waals surface area contributed by atoms with Gasteiger partial charge in [-0.15, -0.1) is 0 Å². The number of Topliss-reactive ketones (excluding diaryl/α,β-unsaturated/α-hetero) is 2. The summed E-state index contributed by atoms with van der Waals surface area (Å²) in [7, 11) is 0. The Balaban J connectivity index is 4.72. The largest absolute Gasteiger partial charge is 0.465 e. The Morgan fingerprint density at radius 2 is 1.75 bits per heavy atom. The summed E-state index contributed by atoms with van der Waals surface area (Å²) in [5.74, 6) is -2.09. The summed E-state index contributed by atoms with van der Waals surface area (Å²) in [6.45, 7) is 6.90. The van der Waals surface area contributed by atoms with Crippen LogP contribution in [0.25, 0.3) is 0 Å². The quantitative estimate of drug-likeness (QED) is 0.492. The van der Waals surface area contributed by atoms with Crippen molar-refractivity contribution in [3.63, 3.8) is 0 Å². The Kier molecular flexibility index (Phi) is 6.61. The highest BCUT2D eigenvalue weighted by Gasteiger charge is 2.31. The lowest BCUT2D eigenvalue weighted by Crippen LogP contribution is -2.31. The Morgan fingerprint density at radius 3 is 2.12 bits per heavy atom. The lowest BCUT2D eigenvalue weighted by atomic mass is 9.89. The molecule has 2 unspecified atom stereocenters. The van der Waals surface area contributed by atoms with Crippen LogP contribution in [-0.2, 0) is 19.1 Å². The molecule has 0 aliphatic rings. The molecule has 4 nitrogen and oxygen atoms in total. The van der Waals surface area contributed by atoms with Crippen LogP contribution < -0.4 is 0 Å². The number of esters is 1. The zero-order valence-corrected chi connectivity index (χ0v) is 10.4. The van der Waals surface area contributed by atoms with Crippen LogP contribution >= 0.6 is 0 Å². The SMILES string of the molecule is CCOC(=O)C(CC(C)=O)C(=O)C(C)CC. The first kappa shape index (κ1) is 14.8. The fourth-order valence-corrected chi connectivity index (χ4v) is 1.38. The molecule has 0 saturated carbocycles. The molecule has 0 aliphatic heterocycles. The maximum Gasteiger partial charge on any atom is 0.316 e. The molecule has 2 atom stereocenters. The fraction of sp³-hybridized carbons (Fsp3) is 0.750. The van der Waals surface area contributed by atoms with E-state index in [1.165, 1.54) is 6.92 Å². The van der Waals surface area contributed by atoms with E-state index in [1.807, 2.05) is 6.92 Å². The zero-order chi connectivity index (χ0) is 12.7. The van der Waals surface area contributed by atoms with E-state index in [2.05, 4.69) is 0 Å². The lowest BCUT2D eigenvalue weighted by molar-refractivity contribution is -0.154. The van der Waals surface area contributed by atoms with Gasteiger partial charge in [0, 0.05) is 12.3 Å². The van der Waals surface area contributed by atoms with Crippen LogP contribution in [0, 0.1) is 11.8 Å². The predicted octanol–water partition coefficient (Wildman–Crippen LogP) is 1.76. The summed E-state index contributed by atoms with van der Waals surface area (Å²) in [5, 5.41) is 0. The molecule has 0 saturated heterocycles.